The predicted octanol–water partition coefficient (Wildman–Crippen LogP) is 2.98. The van der Waals surface area contributed by atoms with Crippen molar-refractivity contribution >= 4 is 35.5 Å². The van der Waals surface area contributed by atoms with Gasteiger partial charge in [-0.15, -0.1) is 11.3 Å². The maximum atomic E-state index is 12.9. The number of rotatable bonds is 7. The molecule has 2 atom stereocenters. The minimum Gasteiger partial charge on any atom is -0.465 e. The quantitative estimate of drug-likeness (QED) is 0.544. The van der Waals surface area contributed by atoms with E-state index in [0.717, 1.165) is 16.2 Å². The van der Waals surface area contributed by atoms with Crippen LogP contribution in [-0.2, 0) is 0 Å². The van der Waals surface area contributed by atoms with Gasteiger partial charge in [0, 0.05) is 11.4 Å². The lowest BCUT2D eigenvalue weighted by Crippen LogP contribution is -2.43. The number of aromatic nitrogens is 1. The van der Waals surface area contributed by atoms with Gasteiger partial charge in [-0.1, -0.05) is 26.0 Å². The van der Waals surface area contributed by atoms with Crippen LogP contribution in [0.15, 0.2) is 29.6 Å². The van der Waals surface area contributed by atoms with E-state index in [4.69, 9.17) is 5.11 Å². The highest BCUT2D eigenvalue weighted by atomic mass is 32.1. The van der Waals surface area contributed by atoms with Crippen LogP contribution in [0.2, 0.25) is 0 Å². The predicted molar refractivity (Wildman–Crippen MR) is 102 cm³/mol. The highest BCUT2D eigenvalue weighted by Gasteiger charge is 2.42. The van der Waals surface area contributed by atoms with Crippen molar-refractivity contribution in [3.8, 4) is 0 Å². The number of carbonyl (C=O) groups is 4. The summed E-state index contributed by atoms with van der Waals surface area (Å²) in [5.41, 5.74) is 0.808. The van der Waals surface area contributed by atoms with Crippen LogP contribution in [0.3, 0.4) is 0 Å². The molecule has 1 aromatic heterocycles. The highest BCUT2D eigenvalue weighted by molar-refractivity contribution is 7.09. The lowest BCUT2D eigenvalue weighted by Gasteiger charge is -2.30. The summed E-state index contributed by atoms with van der Waals surface area (Å²) in [4.78, 5) is 53.5. The maximum absolute atomic E-state index is 12.9. The zero-order valence-corrected chi connectivity index (χ0v) is 16.1. The van der Waals surface area contributed by atoms with E-state index < -0.39 is 30.0 Å². The normalized spacial score (nSPS) is 15.5. The molecule has 146 valence electrons. The number of hydrogen-bond donors (Lipinski definition) is 2. The number of nitrogens with zero attached hydrogens (tertiary/aromatic N) is 2. The Hall–Kier alpha value is -3.07. The molecular weight excluding hydrogens is 382 g/mol. The molecule has 1 aliphatic heterocycles. The van der Waals surface area contributed by atoms with Gasteiger partial charge in [0.2, 0.25) is 0 Å². The third kappa shape index (κ3) is 3.65. The van der Waals surface area contributed by atoms with E-state index in [-0.39, 0.29) is 18.0 Å². The molecule has 0 bridgehead atoms. The Morgan fingerprint density at radius 3 is 2.32 bits per heavy atom. The summed E-state index contributed by atoms with van der Waals surface area (Å²) < 4.78 is 0. The largest absolute Gasteiger partial charge is 0.465 e. The Bertz CT molecular complexity index is 904. The second-order valence-corrected chi connectivity index (χ2v) is 7.70. The number of benzene rings is 1. The van der Waals surface area contributed by atoms with E-state index in [9.17, 15) is 19.2 Å². The molecule has 9 heteroatoms. The van der Waals surface area contributed by atoms with Crippen LogP contribution >= 0.6 is 11.3 Å². The number of amides is 3. The van der Waals surface area contributed by atoms with Crippen molar-refractivity contribution in [3.05, 3.63) is 51.5 Å². The number of imide groups is 1. The molecule has 1 aliphatic rings. The Morgan fingerprint density at radius 1 is 1.25 bits per heavy atom. The zero-order valence-electron chi connectivity index (χ0n) is 15.3. The van der Waals surface area contributed by atoms with Crippen LogP contribution in [0.25, 0.3) is 0 Å². The van der Waals surface area contributed by atoms with E-state index in [1.54, 1.807) is 29.6 Å². The molecule has 0 saturated heterocycles. The summed E-state index contributed by atoms with van der Waals surface area (Å²) in [6.45, 7) is 3.69. The van der Waals surface area contributed by atoms with E-state index in [2.05, 4.69) is 10.3 Å². The molecule has 0 aliphatic carbocycles. The van der Waals surface area contributed by atoms with Gasteiger partial charge < -0.3 is 10.4 Å². The molecule has 0 spiro atoms. The first-order valence-electron chi connectivity index (χ1n) is 8.70. The average molecular weight is 401 g/mol. The lowest BCUT2D eigenvalue weighted by molar-refractivity contribution is 0.0559. The van der Waals surface area contributed by atoms with E-state index >= 15 is 0 Å². The number of thiazole rings is 1. The third-order valence-electron chi connectivity index (χ3n) is 4.67. The molecule has 2 aromatic rings. The van der Waals surface area contributed by atoms with Crippen LogP contribution in [0.4, 0.5) is 4.79 Å². The number of carbonyl (C=O) groups excluding carboxylic acids is 3. The molecule has 0 radical (unpaired) electrons. The minimum absolute atomic E-state index is 0.0840. The first-order valence-corrected chi connectivity index (χ1v) is 9.58. The van der Waals surface area contributed by atoms with Crippen molar-refractivity contribution in [2.24, 2.45) is 5.92 Å². The topological polar surface area (TPSA) is 117 Å². The number of carboxylic acid groups (broad SMARTS) is 1. The van der Waals surface area contributed by atoms with Crippen LogP contribution in [0.1, 0.15) is 62.5 Å². The fourth-order valence-corrected chi connectivity index (χ4v) is 4.08. The lowest BCUT2D eigenvalue weighted by atomic mass is 9.96. The summed E-state index contributed by atoms with van der Waals surface area (Å²) >= 11 is 1.16. The van der Waals surface area contributed by atoms with Crippen LogP contribution in [0.5, 0.6) is 0 Å². The summed E-state index contributed by atoms with van der Waals surface area (Å²) in [5.74, 6) is -0.989. The van der Waals surface area contributed by atoms with Crippen molar-refractivity contribution in [3.63, 3.8) is 0 Å². The first kappa shape index (κ1) is 19.7. The van der Waals surface area contributed by atoms with Crippen molar-refractivity contribution < 1.29 is 24.3 Å². The minimum atomic E-state index is -1.19. The summed E-state index contributed by atoms with van der Waals surface area (Å²) in [7, 11) is 0. The molecule has 2 unspecified atom stereocenters. The van der Waals surface area contributed by atoms with E-state index in [1.165, 1.54) is 0 Å². The van der Waals surface area contributed by atoms with Gasteiger partial charge in [0.1, 0.15) is 10.7 Å². The fourth-order valence-electron chi connectivity index (χ4n) is 3.21. The first-order chi connectivity index (χ1) is 13.3. The van der Waals surface area contributed by atoms with Gasteiger partial charge in [0.25, 0.3) is 11.8 Å². The van der Waals surface area contributed by atoms with Crippen molar-refractivity contribution in [1.82, 2.24) is 15.2 Å². The fraction of sp³-hybridized carbons (Fsp3) is 0.316. The molecule has 28 heavy (non-hydrogen) atoms. The smallest absolute Gasteiger partial charge is 0.404 e. The molecule has 8 nitrogen and oxygen atoms in total. The second-order valence-electron chi connectivity index (χ2n) is 6.81. The maximum Gasteiger partial charge on any atom is 0.404 e. The number of aldehydes is 1. The molecule has 3 amide bonds. The van der Waals surface area contributed by atoms with Gasteiger partial charge in [-0.25, -0.2) is 9.78 Å². The average Bonchev–Trinajstić information content (AvgIpc) is 3.23. The molecule has 0 saturated carbocycles. The standard InChI is InChI=1S/C19H19N3O5S/c1-10(2)14(21-19(26)27)7-15(16-20-11(8-23)9-28-16)22-17(24)12-5-3-4-6-13(12)18(22)25/h3-6,8-10,14-15,21H,7H2,1-2H3,(H,26,27). The van der Waals surface area contributed by atoms with Gasteiger partial charge in [-0.05, 0) is 24.5 Å². The second kappa shape index (κ2) is 7.89. The number of nitrogens with one attached hydrogen (secondary N) is 1. The third-order valence-corrected chi connectivity index (χ3v) is 5.64. The Labute approximate surface area is 165 Å². The Kier molecular flexibility index (Phi) is 5.55. The van der Waals surface area contributed by atoms with Crippen molar-refractivity contribution in [1.29, 1.82) is 0 Å². The summed E-state index contributed by atoms with van der Waals surface area (Å²) in [6, 6.07) is 5.22. The van der Waals surface area contributed by atoms with Gasteiger partial charge in [0.15, 0.2) is 6.29 Å². The monoisotopic (exact) mass is 401 g/mol. The zero-order chi connectivity index (χ0) is 20.4. The molecule has 2 N–H and O–H groups in total. The number of hydrogen-bond acceptors (Lipinski definition) is 6. The van der Waals surface area contributed by atoms with Crippen molar-refractivity contribution in [2.75, 3.05) is 0 Å². The van der Waals surface area contributed by atoms with Crippen molar-refractivity contribution in [2.45, 2.75) is 32.4 Å². The van der Waals surface area contributed by atoms with E-state index in [0.29, 0.717) is 22.4 Å². The van der Waals surface area contributed by atoms with Crippen LogP contribution < -0.4 is 5.32 Å². The highest BCUT2D eigenvalue weighted by Crippen LogP contribution is 2.36. The number of fused-ring (bicyclic) bond motifs is 1. The molecular formula is C19H19N3O5S. The summed E-state index contributed by atoms with van der Waals surface area (Å²) in [5, 5.41) is 13.6. The molecule has 2 heterocycles. The summed E-state index contributed by atoms with van der Waals surface area (Å²) in [6.07, 6.45) is -0.441. The van der Waals surface area contributed by atoms with Gasteiger partial charge >= 0.3 is 6.09 Å². The molecule has 1 aromatic carbocycles. The Balaban J connectivity index is 2.02. The molecule has 3 rings (SSSR count). The van der Waals surface area contributed by atoms with Gasteiger partial charge in [-0.2, -0.15) is 0 Å². The van der Waals surface area contributed by atoms with Gasteiger partial charge in [-0.3, -0.25) is 19.3 Å². The van der Waals surface area contributed by atoms with Crippen LogP contribution in [0, 0.1) is 5.92 Å². The van der Waals surface area contributed by atoms with E-state index in [1.807, 2.05) is 13.8 Å². The Morgan fingerprint density at radius 2 is 1.86 bits per heavy atom. The molecule has 0 fully saturated rings. The SMILES string of the molecule is CC(C)C(CC(c1nc(C=O)cs1)N1C(=O)c2ccccc2C1=O)NC(=O)O. The van der Waals surface area contributed by atoms with Crippen LogP contribution in [-0.4, -0.2) is 45.2 Å². The van der Waals surface area contributed by atoms with Gasteiger partial charge in [0.05, 0.1) is 17.2 Å².